The van der Waals surface area contributed by atoms with Gasteiger partial charge in [0, 0.05) is 12.0 Å². The molecule has 0 bridgehead atoms. The normalized spacial score (nSPS) is 13.8. The molecule has 3 N–H and O–H groups in total. The number of nitrogens with one attached hydrogen (secondary N) is 1. The quantitative estimate of drug-likeness (QED) is 0.757. The number of aromatic nitrogens is 1. The maximum absolute atomic E-state index is 11.7. The molecule has 92 valence electrons. The summed E-state index contributed by atoms with van der Waals surface area (Å²) in [5.74, 6) is 2.79. The maximum atomic E-state index is 11.7. The number of rotatable bonds is 4. The first kappa shape index (κ1) is 13.3. The fourth-order valence-corrected chi connectivity index (χ4v) is 1.72. The molecule has 17 heavy (non-hydrogen) atoms. The molecule has 5 heteroatoms. The standard InChI is InChI=1S/C12H17N3O2/c1-5-6-10(13)12(16)14-7(2)11-8(3)15-17-9(11)4/h1,7,10H,6,13H2,2-4H3,(H,14,16). The van der Waals surface area contributed by atoms with Gasteiger partial charge in [-0.15, -0.1) is 12.3 Å². The summed E-state index contributed by atoms with van der Waals surface area (Å²) in [6, 6.07) is -0.875. The van der Waals surface area contributed by atoms with E-state index in [9.17, 15) is 4.79 Å². The third-order valence-electron chi connectivity index (χ3n) is 2.55. The fraction of sp³-hybridized carbons (Fsp3) is 0.500. The highest BCUT2D eigenvalue weighted by molar-refractivity contribution is 5.82. The van der Waals surface area contributed by atoms with E-state index in [1.807, 2.05) is 13.8 Å². The van der Waals surface area contributed by atoms with Gasteiger partial charge in [0.2, 0.25) is 5.91 Å². The lowest BCUT2D eigenvalue weighted by Gasteiger charge is -2.16. The molecule has 1 aromatic rings. The van der Waals surface area contributed by atoms with E-state index in [1.165, 1.54) is 0 Å². The van der Waals surface area contributed by atoms with Crippen LogP contribution < -0.4 is 11.1 Å². The summed E-state index contributed by atoms with van der Waals surface area (Å²) in [6.45, 7) is 5.49. The number of aryl methyl sites for hydroxylation is 2. The summed E-state index contributed by atoms with van der Waals surface area (Å²) in [5.41, 5.74) is 7.26. The van der Waals surface area contributed by atoms with Gasteiger partial charge in [-0.1, -0.05) is 5.16 Å². The summed E-state index contributed by atoms with van der Waals surface area (Å²) >= 11 is 0. The predicted octanol–water partition coefficient (Wildman–Crippen LogP) is 0.819. The van der Waals surface area contributed by atoms with Gasteiger partial charge < -0.3 is 15.6 Å². The average molecular weight is 235 g/mol. The molecule has 0 aliphatic heterocycles. The number of carbonyl (C=O) groups excluding carboxylic acids is 1. The van der Waals surface area contributed by atoms with Crippen molar-refractivity contribution in [3.63, 3.8) is 0 Å². The predicted molar refractivity (Wildman–Crippen MR) is 64.0 cm³/mol. The monoisotopic (exact) mass is 235 g/mol. The number of carbonyl (C=O) groups is 1. The topological polar surface area (TPSA) is 81.2 Å². The number of terminal acetylenes is 1. The van der Waals surface area contributed by atoms with E-state index in [-0.39, 0.29) is 18.4 Å². The highest BCUT2D eigenvalue weighted by atomic mass is 16.5. The number of amides is 1. The van der Waals surface area contributed by atoms with E-state index < -0.39 is 6.04 Å². The van der Waals surface area contributed by atoms with Crippen LogP contribution in [0.2, 0.25) is 0 Å². The zero-order chi connectivity index (χ0) is 13.0. The van der Waals surface area contributed by atoms with Crippen LogP contribution in [0.4, 0.5) is 0 Å². The van der Waals surface area contributed by atoms with Gasteiger partial charge in [0.15, 0.2) is 0 Å². The van der Waals surface area contributed by atoms with Crippen molar-refractivity contribution in [3.8, 4) is 12.3 Å². The van der Waals surface area contributed by atoms with Crippen molar-refractivity contribution in [3.05, 3.63) is 17.0 Å². The first-order valence-corrected chi connectivity index (χ1v) is 5.39. The molecule has 1 heterocycles. The minimum absolute atomic E-state index is 0.197. The Morgan fingerprint density at radius 1 is 1.65 bits per heavy atom. The van der Waals surface area contributed by atoms with E-state index in [4.69, 9.17) is 16.7 Å². The smallest absolute Gasteiger partial charge is 0.238 e. The summed E-state index contributed by atoms with van der Waals surface area (Å²) in [4.78, 5) is 11.7. The summed E-state index contributed by atoms with van der Waals surface area (Å²) < 4.78 is 5.04. The minimum atomic E-state index is -0.678. The first-order chi connectivity index (χ1) is 7.97. The molecule has 5 nitrogen and oxygen atoms in total. The van der Waals surface area contributed by atoms with Crippen LogP contribution >= 0.6 is 0 Å². The van der Waals surface area contributed by atoms with E-state index in [1.54, 1.807) is 6.92 Å². The van der Waals surface area contributed by atoms with Gasteiger partial charge in [-0.25, -0.2) is 0 Å². The average Bonchev–Trinajstić information content (AvgIpc) is 2.58. The Morgan fingerprint density at radius 2 is 2.29 bits per heavy atom. The van der Waals surface area contributed by atoms with Gasteiger partial charge in [-0.2, -0.15) is 0 Å². The molecular weight excluding hydrogens is 218 g/mol. The van der Waals surface area contributed by atoms with Crippen molar-refractivity contribution in [1.82, 2.24) is 10.5 Å². The summed E-state index contributed by atoms with van der Waals surface area (Å²) in [7, 11) is 0. The second kappa shape index (κ2) is 5.51. The van der Waals surface area contributed by atoms with Crippen LogP contribution in [0.3, 0.4) is 0 Å². The van der Waals surface area contributed by atoms with Crippen molar-refractivity contribution in [2.75, 3.05) is 0 Å². The van der Waals surface area contributed by atoms with E-state index in [0.29, 0.717) is 5.76 Å². The molecule has 0 aromatic carbocycles. The van der Waals surface area contributed by atoms with Crippen LogP contribution in [0.1, 0.15) is 36.4 Å². The number of nitrogens with two attached hydrogens (primary N) is 1. The lowest BCUT2D eigenvalue weighted by atomic mass is 10.1. The minimum Gasteiger partial charge on any atom is -0.361 e. The van der Waals surface area contributed by atoms with Crippen LogP contribution in [0, 0.1) is 26.2 Å². The molecule has 1 rings (SSSR count). The van der Waals surface area contributed by atoms with Crippen molar-refractivity contribution in [1.29, 1.82) is 0 Å². The van der Waals surface area contributed by atoms with Gasteiger partial charge in [0.25, 0.3) is 0 Å². The highest BCUT2D eigenvalue weighted by Crippen LogP contribution is 2.20. The van der Waals surface area contributed by atoms with Crippen LogP contribution in [0.25, 0.3) is 0 Å². The molecule has 1 amide bonds. The van der Waals surface area contributed by atoms with E-state index in [2.05, 4.69) is 16.4 Å². The molecule has 0 aliphatic rings. The van der Waals surface area contributed by atoms with Crippen LogP contribution in [-0.2, 0) is 4.79 Å². The van der Waals surface area contributed by atoms with Crippen LogP contribution in [0.5, 0.6) is 0 Å². The van der Waals surface area contributed by atoms with Crippen molar-refractivity contribution < 1.29 is 9.32 Å². The molecule has 2 unspecified atom stereocenters. The maximum Gasteiger partial charge on any atom is 0.238 e. The Balaban J connectivity index is 2.70. The Labute approximate surface area is 101 Å². The zero-order valence-corrected chi connectivity index (χ0v) is 10.3. The number of hydrogen-bond acceptors (Lipinski definition) is 4. The van der Waals surface area contributed by atoms with Crippen molar-refractivity contribution >= 4 is 5.91 Å². The van der Waals surface area contributed by atoms with Crippen molar-refractivity contribution in [2.45, 2.75) is 39.3 Å². The van der Waals surface area contributed by atoms with Gasteiger partial charge >= 0.3 is 0 Å². The van der Waals surface area contributed by atoms with Crippen LogP contribution in [-0.4, -0.2) is 17.1 Å². The molecular formula is C12H17N3O2. The molecule has 0 aliphatic carbocycles. The van der Waals surface area contributed by atoms with Gasteiger partial charge in [-0.3, -0.25) is 4.79 Å². The van der Waals surface area contributed by atoms with E-state index >= 15 is 0 Å². The van der Waals surface area contributed by atoms with Crippen molar-refractivity contribution in [2.24, 2.45) is 5.73 Å². The Morgan fingerprint density at radius 3 is 2.76 bits per heavy atom. The fourth-order valence-electron chi connectivity index (χ4n) is 1.72. The Bertz CT molecular complexity index is 426. The Kier molecular flexibility index (Phi) is 4.30. The molecule has 1 aromatic heterocycles. The molecule has 0 spiro atoms. The molecule has 0 saturated carbocycles. The highest BCUT2D eigenvalue weighted by Gasteiger charge is 2.20. The summed E-state index contributed by atoms with van der Waals surface area (Å²) in [5, 5.41) is 6.62. The lowest BCUT2D eigenvalue weighted by molar-refractivity contribution is -0.122. The Hall–Kier alpha value is -1.80. The third kappa shape index (κ3) is 3.08. The first-order valence-electron chi connectivity index (χ1n) is 5.39. The van der Waals surface area contributed by atoms with E-state index in [0.717, 1.165) is 11.3 Å². The second-order valence-electron chi connectivity index (χ2n) is 3.98. The van der Waals surface area contributed by atoms with Gasteiger partial charge in [0.1, 0.15) is 5.76 Å². The van der Waals surface area contributed by atoms with Gasteiger partial charge in [0.05, 0.1) is 17.8 Å². The zero-order valence-electron chi connectivity index (χ0n) is 10.3. The molecule has 0 saturated heterocycles. The van der Waals surface area contributed by atoms with Gasteiger partial charge in [-0.05, 0) is 20.8 Å². The number of hydrogen-bond donors (Lipinski definition) is 2. The molecule has 2 atom stereocenters. The largest absolute Gasteiger partial charge is 0.361 e. The SMILES string of the molecule is C#CCC(N)C(=O)NC(C)c1c(C)noc1C. The van der Waals surface area contributed by atoms with Crippen LogP contribution in [0.15, 0.2) is 4.52 Å². The molecule has 0 radical (unpaired) electrons. The number of nitrogens with zero attached hydrogens (tertiary/aromatic N) is 1. The third-order valence-corrected chi connectivity index (χ3v) is 2.55. The molecule has 0 fully saturated rings. The summed E-state index contributed by atoms with van der Waals surface area (Å²) in [6.07, 6.45) is 5.33. The second-order valence-corrected chi connectivity index (χ2v) is 3.98. The lowest BCUT2D eigenvalue weighted by Crippen LogP contribution is -2.41.